The van der Waals surface area contributed by atoms with Gasteiger partial charge in [-0.3, -0.25) is 5.32 Å². The molecule has 2 heterocycles. The van der Waals surface area contributed by atoms with E-state index >= 15 is 0 Å². The Bertz CT molecular complexity index is 1090. The molecule has 136 valence electrons. The first kappa shape index (κ1) is 18.8. The Morgan fingerprint density at radius 1 is 1.22 bits per heavy atom. The second kappa shape index (κ2) is 6.98. The van der Waals surface area contributed by atoms with E-state index in [9.17, 15) is 14.0 Å². The summed E-state index contributed by atoms with van der Waals surface area (Å²) in [6.07, 6.45) is 1.68. The van der Waals surface area contributed by atoms with Crippen LogP contribution >= 0.6 is 31.9 Å². The highest BCUT2D eigenvalue weighted by Crippen LogP contribution is 2.44. The molecular formula is C15H8Br2F2N8. The van der Waals surface area contributed by atoms with E-state index in [1.807, 2.05) is 6.07 Å². The van der Waals surface area contributed by atoms with Crippen LogP contribution in [0.4, 0.5) is 26.1 Å². The first-order chi connectivity index (χ1) is 12.8. The van der Waals surface area contributed by atoms with E-state index in [1.54, 1.807) is 6.19 Å². The van der Waals surface area contributed by atoms with Crippen LogP contribution in [0.1, 0.15) is 22.7 Å². The molecule has 27 heavy (non-hydrogen) atoms. The fraction of sp³-hybridized carbons (Fsp3) is 0.0667. The van der Waals surface area contributed by atoms with Crippen molar-refractivity contribution in [3.05, 3.63) is 43.3 Å². The Kier molecular flexibility index (Phi) is 4.87. The summed E-state index contributed by atoms with van der Waals surface area (Å²) in [7, 11) is 0. The number of nitriles is 2. The number of pyridine rings is 1. The lowest BCUT2D eigenvalue weighted by atomic mass is 9.94. The second-order valence-corrected chi connectivity index (χ2v) is 6.93. The smallest absolute Gasteiger partial charge is 0.211 e. The molecule has 0 aliphatic carbocycles. The summed E-state index contributed by atoms with van der Waals surface area (Å²) in [5.74, 6) is -1.84. The average Bonchev–Trinajstić information content (AvgIpc) is 2.60. The van der Waals surface area contributed by atoms with Crippen LogP contribution < -0.4 is 22.1 Å². The first-order valence-corrected chi connectivity index (χ1v) is 8.70. The number of anilines is 3. The summed E-state index contributed by atoms with van der Waals surface area (Å²) in [4.78, 5) is 8.29. The maximum absolute atomic E-state index is 14.9. The van der Waals surface area contributed by atoms with E-state index in [2.05, 4.69) is 52.5 Å². The van der Waals surface area contributed by atoms with E-state index in [1.165, 1.54) is 0 Å². The Hall–Kier alpha value is -2.96. The Balaban J connectivity index is 2.36. The molecule has 2 aromatic rings. The number of aliphatic imine (C=N–C) groups is 1. The molecule has 1 unspecified atom stereocenters. The van der Waals surface area contributed by atoms with Gasteiger partial charge in [-0.2, -0.15) is 10.5 Å². The largest absolute Gasteiger partial charge is 0.397 e. The number of fused-ring (bicyclic) bond motifs is 1. The molecule has 3 rings (SSSR count). The van der Waals surface area contributed by atoms with E-state index in [4.69, 9.17) is 16.7 Å². The lowest BCUT2D eigenvalue weighted by Crippen LogP contribution is -2.33. The van der Waals surface area contributed by atoms with E-state index in [0.717, 1.165) is 6.07 Å². The second-order valence-electron chi connectivity index (χ2n) is 5.28. The number of hydrogen-bond acceptors (Lipinski definition) is 8. The van der Waals surface area contributed by atoms with Crippen molar-refractivity contribution in [3.63, 3.8) is 0 Å². The van der Waals surface area contributed by atoms with Crippen LogP contribution in [0.3, 0.4) is 0 Å². The lowest BCUT2D eigenvalue weighted by Gasteiger charge is -2.27. The normalized spacial score (nSPS) is 15.0. The van der Waals surface area contributed by atoms with Gasteiger partial charge in [-0.05, 0) is 22.0 Å². The number of nitrogens with zero attached hydrogens (tertiary/aromatic N) is 4. The predicted octanol–water partition coefficient (Wildman–Crippen LogP) is 2.86. The van der Waals surface area contributed by atoms with Gasteiger partial charge in [0.25, 0.3) is 0 Å². The molecule has 1 aliphatic rings. The topological polar surface area (TPSA) is 149 Å². The van der Waals surface area contributed by atoms with Crippen LogP contribution in [0.2, 0.25) is 0 Å². The van der Waals surface area contributed by atoms with Gasteiger partial charge in [-0.15, -0.1) is 0 Å². The van der Waals surface area contributed by atoms with Crippen LogP contribution in [-0.2, 0) is 0 Å². The fourth-order valence-electron chi connectivity index (χ4n) is 2.62. The highest BCUT2D eigenvalue weighted by atomic mass is 79.9. The standard InChI is InChI=1S/C15H8Br2F2N8/c16-5-1-6(18)9(17)10(19)7(5)12-8-11(22)4(2-20)13(23)26-14(8)27-15(25-12)24-3-21/h1,12H,(H6,22,23,24,25,26,27). The minimum Gasteiger partial charge on any atom is -0.397 e. The monoisotopic (exact) mass is 496 g/mol. The van der Waals surface area contributed by atoms with Crippen molar-refractivity contribution in [1.82, 2.24) is 10.3 Å². The molecule has 0 bridgehead atoms. The molecule has 0 fully saturated rings. The molecule has 0 amide bonds. The van der Waals surface area contributed by atoms with Crippen LogP contribution in [-0.4, -0.2) is 10.9 Å². The van der Waals surface area contributed by atoms with E-state index < -0.39 is 22.1 Å². The van der Waals surface area contributed by atoms with Gasteiger partial charge < -0.3 is 16.8 Å². The summed E-state index contributed by atoms with van der Waals surface area (Å²) in [5.41, 5.74) is 11.8. The zero-order valence-corrected chi connectivity index (χ0v) is 16.3. The van der Waals surface area contributed by atoms with Gasteiger partial charge in [0.05, 0.1) is 10.2 Å². The SMILES string of the molecule is N#CNC1=NC(c2c(Br)cc(F)c(Br)c2F)c2c(nc(N)c(C#N)c2N)N1. The van der Waals surface area contributed by atoms with Crippen molar-refractivity contribution < 1.29 is 8.78 Å². The molecule has 6 N–H and O–H groups in total. The van der Waals surface area contributed by atoms with Crippen molar-refractivity contribution in [2.45, 2.75) is 6.04 Å². The van der Waals surface area contributed by atoms with Crippen molar-refractivity contribution in [3.8, 4) is 12.3 Å². The summed E-state index contributed by atoms with van der Waals surface area (Å²) >= 11 is 5.98. The van der Waals surface area contributed by atoms with Gasteiger partial charge in [0.15, 0.2) is 6.19 Å². The molecule has 12 heteroatoms. The zero-order chi connectivity index (χ0) is 19.9. The molecule has 1 atom stereocenters. The molecular weight excluding hydrogens is 490 g/mol. The van der Waals surface area contributed by atoms with Crippen LogP contribution in [0.15, 0.2) is 20.0 Å². The summed E-state index contributed by atoms with van der Waals surface area (Å²) in [6, 6.07) is 1.76. The number of hydrogen-bond donors (Lipinski definition) is 4. The first-order valence-electron chi connectivity index (χ1n) is 7.11. The van der Waals surface area contributed by atoms with Crippen molar-refractivity contribution in [1.29, 1.82) is 10.5 Å². The molecule has 1 aromatic heterocycles. The molecule has 0 saturated heterocycles. The van der Waals surface area contributed by atoms with Crippen LogP contribution in [0.25, 0.3) is 0 Å². The lowest BCUT2D eigenvalue weighted by molar-refractivity contribution is 0.552. The van der Waals surface area contributed by atoms with Gasteiger partial charge in [-0.1, -0.05) is 15.9 Å². The Morgan fingerprint density at radius 3 is 2.56 bits per heavy atom. The highest BCUT2D eigenvalue weighted by molar-refractivity contribution is 9.11. The van der Waals surface area contributed by atoms with E-state index in [-0.39, 0.29) is 44.4 Å². The predicted molar refractivity (Wildman–Crippen MR) is 101 cm³/mol. The molecule has 8 nitrogen and oxygen atoms in total. The number of benzene rings is 1. The van der Waals surface area contributed by atoms with Crippen LogP contribution in [0, 0.1) is 34.4 Å². The van der Waals surface area contributed by atoms with Crippen LogP contribution in [0.5, 0.6) is 0 Å². The number of guanidine groups is 1. The number of nitrogens with one attached hydrogen (secondary N) is 2. The maximum atomic E-state index is 14.9. The number of halogens is 4. The van der Waals surface area contributed by atoms with Crippen molar-refractivity contribution in [2.75, 3.05) is 16.8 Å². The van der Waals surface area contributed by atoms with Gasteiger partial charge >= 0.3 is 0 Å². The Labute approximate surface area is 168 Å². The third-order valence-electron chi connectivity index (χ3n) is 3.78. The summed E-state index contributed by atoms with van der Waals surface area (Å²) < 4.78 is 28.4. The minimum absolute atomic E-state index is 0.0437. The third kappa shape index (κ3) is 3.03. The third-order valence-corrected chi connectivity index (χ3v) is 5.16. The van der Waals surface area contributed by atoms with Crippen molar-refractivity contribution in [2.24, 2.45) is 4.99 Å². The maximum Gasteiger partial charge on any atom is 0.211 e. The number of aromatic nitrogens is 1. The van der Waals surface area contributed by atoms with Gasteiger partial charge in [0, 0.05) is 15.6 Å². The summed E-state index contributed by atoms with van der Waals surface area (Å²) in [6.45, 7) is 0. The molecule has 0 saturated carbocycles. The van der Waals surface area contributed by atoms with Crippen molar-refractivity contribution >= 4 is 55.1 Å². The van der Waals surface area contributed by atoms with Gasteiger partial charge in [-0.25, -0.2) is 18.8 Å². The highest BCUT2D eigenvalue weighted by Gasteiger charge is 2.33. The zero-order valence-electron chi connectivity index (χ0n) is 13.1. The van der Waals surface area contributed by atoms with Gasteiger partial charge in [0.2, 0.25) is 5.96 Å². The average molecular weight is 498 g/mol. The molecule has 0 spiro atoms. The molecule has 1 aromatic carbocycles. The fourth-order valence-corrected chi connectivity index (χ4v) is 3.54. The number of rotatable bonds is 1. The van der Waals surface area contributed by atoms with E-state index in [0.29, 0.717) is 0 Å². The summed E-state index contributed by atoms with van der Waals surface area (Å²) in [5, 5.41) is 23.2. The molecule has 0 radical (unpaired) electrons. The number of nitrogen functional groups attached to an aromatic ring is 2. The quantitative estimate of drug-likeness (QED) is 0.205. The number of nitrogens with two attached hydrogens (primary N) is 2. The Morgan fingerprint density at radius 2 is 1.93 bits per heavy atom. The molecule has 1 aliphatic heterocycles. The van der Waals surface area contributed by atoms with Gasteiger partial charge in [0.1, 0.15) is 40.9 Å². The minimum atomic E-state index is -1.14.